The number of amides is 3. The van der Waals surface area contributed by atoms with Gasteiger partial charge in [0.25, 0.3) is 0 Å². The molecule has 5 rings (SSSR count). The van der Waals surface area contributed by atoms with Gasteiger partial charge in [-0.05, 0) is 37.1 Å². The normalized spacial score (nSPS) is 25.2. The highest BCUT2D eigenvalue weighted by Crippen LogP contribution is 2.40. The van der Waals surface area contributed by atoms with Crippen molar-refractivity contribution in [3.8, 4) is 5.75 Å². The fourth-order valence-corrected chi connectivity index (χ4v) is 5.03. The molecule has 2 saturated heterocycles. The van der Waals surface area contributed by atoms with Gasteiger partial charge in [0, 0.05) is 24.7 Å². The molecule has 3 atom stereocenters. The molecule has 2 heterocycles. The van der Waals surface area contributed by atoms with E-state index in [1.165, 1.54) is 4.90 Å². The van der Waals surface area contributed by atoms with Crippen LogP contribution in [-0.4, -0.2) is 30.2 Å². The molecule has 2 aliphatic heterocycles. The molecule has 0 N–H and O–H groups in total. The van der Waals surface area contributed by atoms with Gasteiger partial charge in [0.2, 0.25) is 17.7 Å². The van der Waals surface area contributed by atoms with E-state index >= 15 is 0 Å². The van der Waals surface area contributed by atoms with Gasteiger partial charge >= 0.3 is 5.97 Å². The van der Waals surface area contributed by atoms with E-state index < -0.39 is 11.9 Å². The van der Waals surface area contributed by atoms with Crippen LogP contribution in [0.25, 0.3) is 0 Å². The molecule has 1 saturated carbocycles. The minimum Gasteiger partial charge on any atom is -0.426 e. The van der Waals surface area contributed by atoms with E-state index in [2.05, 4.69) is 0 Å². The van der Waals surface area contributed by atoms with Crippen molar-refractivity contribution in [1.29, 1.82) is 0 Å². The lowest BCUT2D eigenvalue weighted by molar-refractivity contribution is -0.139. The van der Waals surface area contributed by atoms with Crippen LogP contribution in [-0.2, 0) is 19.2 Å². The van der Waals surface area contributed by atoms with Crippen LogP contribution in [0.2, 0.25) is 0 Å². The van der Waals surface area contributed by atoms with Gasteiger partial charge in [0.15, 0.2) is 0 Å². The Bertz CT molecular complexity index is 1060. The zero-order valence-corrected chi connectivity index (χ0v) is 17.6. The summed E-state index contributed by atoms with van der Waals surface area (Å²) in [6, 6.07) is 15.7. The monoisotopic (exact) mass is 432 g/mol. The number of nitrogens with zero attached hydrogens (tertiary/aromatic N) is 2. The summed E-state index contributed by atoms with van der Waals surface area (Å²) < 4.78 is 5.55. The number of imide groups is 1. The zero-order valence-electron chi connectivity index (χ0n) is 17.6. The Balaban J connectivity index is 1.29. The average Bonchev–Trinajstić information content (AvgIpc) is 3.32. The Morgan fingerprint density at radius 2 is 1.50 bits per heavy atom. The van der Waals surface area contributed by atoms with E-state index in [4.69, 9.17) is 4.74 Å². The van der Waals surface area contributed by atoms with E-state index in [9.17, 15) is 19.2 Å². The second-order valence-corrected chi connectivity index (χ2v) is 8.67. The molecule has 32 heavy (non-hydrogen) atoms. The van der Waals surface area contributed by atoms with Crippen molar-refractivity contribution in [2.75, 3.05) is 16.3 Å². The molecule has 3 fully saturated rings. The highest BCUT2D eigenvalue weighted by atomic mass is 16.5. The Morgan fingerprint density at radius 3 is 2.19 bits per heavy atom. The first-order chi connectivity index (χ1) is 15.5. The van der Waals surface area contributed by atoms with E-state index in [1.807, 2.05) is 30.3 Å². The van der Waals surface area contributed by atoms with Gasteiger partial charge in [-0.1, -0.05) is 37.1 Å². The summed E-state index contributed by atoms with van der Waals surface area (Å²) in [5.74, 6) is -1.75. The van der Waals surface area contributed by atoms with E-state index in [0.717, 1.165) is 31.4 Å². The van der Waals surface area contributed by atoms with E-state index in [0.29, 0.717) is 5.69 Å². The summed E-state index contributed by atoms with van der Waals surface area (Å²) in [6.07, 6.45) is 3.50. The maximum atomic E-state index is 12.9. The largest absolute Gasteiger partial charge is 0.426 e. The molecule has 0 spiro atoms. The lowest BCUT2D eigenvalue weighted by Crippen LogP contribution is -2.31. The van der Waals surface area contributed by atoms with Crippen LogP contribution in [0.3, 0.4) is 0 Å². The van der Waals surface area contributed by atoms with Crippen LogP contribution in [0.4, 0.5) is 11.4 Å². The predicted molar refractivity (Wildman–Crippen MR) is 117 cm³/mol. The number of rotatable bonds is 4. The third kappa shape index (κ3) is 3.57. The van der Waals surface area contributed by atoms with Gasteiger partial charge in [-0.3, -0.25) is 19.2 Å². The van der Waals surface area contributed by atoms with E-state index in [-0.39, 0.29) is 48.3 Å². The molecular weight excluding hydrogens is 408 g/mol. The minimum atomic E-state index is -0.579. The molecule has 7 heteroatoms. The van der Waals surface area contributed by atoms with Crippen LogP contribution in [0.15, 0.2) is 54.6 Å². The van der Waals surface area contributed by atoms with Gasteiger partial charge < -0.3 is 9.64 Å². The van der Waals surface area contributed by atoms with Gasteiger partial charge in [-0.25, -0.2) is 4.90 Å². The molecule has 0 unspecified atom stereocenters. The fourth-order valence-electron chi connectivity index (χ4n) is 5.03. The standard InChI is InChI=1S/C25H24N2O5/c28-22-13-16(15-26(22)17-7-2-1-3-8-17)25(31)32-19-10-6-9-18(14-19)27-23(29)20-11-4-5-12-21(20)24(27)30/h1-3,6-10,14,16,20-21H,4-5,11-13,15H2/t16-,20-,21+/m0/s1. The minimum absolute atomic E-state index is 0.0832. The summed E-state index contributed by atoms with van der Waals surface area (Å²) in [5, 5.41) is 0. The van der Waals surface area contributed by atoms with Crippen LogP contribution >= 0.6 is 0 Å². The first-order valence-electron chi connectivity index (χ1n) is 11.1. The van der Waals surface area contributed by atoms with Gasteiger partial charge in [0.05, 0.1) is 23.4 Å². The maximum absolute atomic E-state index is 12.9. The topological polar surface area (TPSA) is 84.0 Å². The lowest BCUT2D eigenvalue weighted by atomic mass is 9.81. The maximum Gasteiger partial charge on any atom is 0.316 e. The zero-order chi connectivity index (χ0) is 22.2. The summed E-state index contributed by atoms with van der Waals surface area (Å²) in [7, 11) is 0. The molecule has 3 aliphatic rings. The number of carbonyl (C=O) groups excluding carboxylic acids is 4. The smallest absolute Gasteiger partial charge is 0.316 e. The molecule has 2 aromatic carbocycles. The Labute approximate surface area is 185 Å². The fraction of sp³-hybridized carbons (Fsp3) is 0.360. The Hall–Kier alpha value is -3.48. The van der Waals surface area contributed by atoms with Crippen molar-refractivity contribution >= 4 is 35.1 Å². The number of carbonyl (C=O) groups is 4. The Kier molecular flexibility index (Phi) is 5.25. The number of ether oxygens (including phenoxy) is 1. The molecule has 0 radical (unpaired) electrons. The molecule has 7 nitrogen and oxygen atoms in total. The third-order valence-electron chi connectivity index (χ3n) is 6.66. The second-order valence-electron chi connectivity index (χ2n) is 8.67. The lowest BCUT2D eigenvalue weighted by Gasteiger charge is -2.19. The van der Waals surface area contributed by atoms with Crippen molar-refractivity contribution < 1.29 is 23.9 Å². The van der Waals surface area contributed by atoms with Crippen LogP contribution in [0.1, 0.15) is 32.1 Å². The van der Waals surface area contributed by atoms with Crippen LogP contribution in [0.5, 0.6) is 5.75 Å². The van der Waals surface area contributed by atoms with Crippen molar-refractivity contribution in [2.45, 2.75) is 32.1 Å². The van der Waals surface area contributed by atoms with Crippen molar-refractivity contribution in [3.05, 3.63) is 54.6 Å². The molecule has 0 bridgehead atoms. The number of hydrogen-bond donors (Lipinski definition) is 0. The number of fused-ring (bicyclic) bond motifs is 1. The van der Waals surface area contributed by atoms with Crippen LogP contribution < -0.4 is 14.5 Å². The molecule has 3 amide bonds. The molecule has 0 aromatic heterocycles. The molecule has 1 aliphatic carbocycles. The number of anilines is 2. The molecular formula is C25H24N2O5. The van der Waals surface area contributed by atoms with Crippen molar-refractivity contribution in [3.63, 3.8) is 0 Å². The quantitative estimate of drug-likeness (QED) is 0.420. The van der Waals surface area contributed by atoms with Crippen molar-refractivity contribution in [2.24, 2.45) is 17.8 Å². The summed E-state index contributed by atoms with van der Waals surface area (Å²) in [6.45, 7) is 0.258. The number of esters is 1. The Morgan fingerprint density at radius 1 is 0.844 bits per heavy atom. The number of para-hydroxylation sites is 1. The number of benzene rings is 2. The summed E-state index contributed by atoms with van der Waals surface area (Å²) in [5.41, 5.74) is 1.18. The predicted octanol–water partition coefficient (Wildman–Crippen LogP) is 3.32. The highest BCUT2D eigenvalue weighted by molar-refractivity contribution is 6.22. The first kappa shape index (κ1) is 20.4. The van der Waals surface area contributed by atoms with Gasteiger partial charge in [-0.15, -0.1) is 0 Å². The number of hydrogen-bond acceptors (Lipinski definition) is 5. The summed E-state index contributed by atoms with van der Waals surface area (Å²) >= 11 is 0. The van der Waals surface area contributed by atoms with Crippen LogP contribution in [0, 0.1) is 17.8 Å². The third-order valence-corrected chi connectivity index (χ3v) is 6.66. The van der Waals surface area contributed by atoms with Crippen molar-refractivity contribution in [1.82, 2.24) is 0 Å². The molecule has 2 aromatic rings. The summed E-state index contributed by atoms with van der Waals surface area (Å²) in [4.78, 5) is 53.7. The molecule has 164 valence electrons. The van der Waals surface area contributed by atoms with E-state index in [1.54, 1.807) is 29.2 Å². The van der Waals surface area contributed by atoms with Gasteiger partial charge in [0.1, 0.15) is 5.75 Å². The first-order valence-corrected chi connectivity index (χ1v) is 11.1. The second kappa shape index (κ2) is 8.22. The highest BCUT2D eigenvalue weighted by Gasteiger charge is 2.48. The SMILES string of the molecule is O=C(Oc1cccc(N2C(=O)[C@H]3CCCC[C@H]3C2=O)c1)[C@H]1CC(=O)N(c2ccccc2)C1. The average molecular weight is 432 g/mol. The van der Waals surface area contributed by atoms with Gasteiger partial charge in [-0.2, -0.15) is 0 Å².